The zero-order chi connectivity index (χ0) is 5.28. The van der Waals surface area contributed by atoms with Gasteiger partial charge in [-0.25, -0.2) is 0 Å². The molecule has 0 bridgehead atoms. The molecule has 1 aromatic heterocycles. The third-order valence-electron chi connectivity index (χ3n) is 0.652. The fraction of sp³-hybridized carbons (Fsp3) is 0.333. The zero-order valence-corrected chi connectivity index (χ0v) is 3.80. The molecule has 1 rings (SSSR count). The molecule has 0 atom stereocenters. The fourth-order valence-electron chi connectivity index (χ4n) is 0.236. The predicted octanol–water partition coefficient (Wildman–Crippen LogP) is 0.292. The van der Waals surface area contributed by atoms with E-state index in [4.69, 9.17) is 5.73 Å². The molecule has 0 saturated heterocycles. The third-order valence-corrected chi connectivity index (χ3v) is 0.652. The van der Waals surface area contributed by atoms with Crippen molar-refractivity contribution >= 4 is 5.82 Å². The maximum atomic E-state index is 6.83. The van der Waals surface area contributed by atoms with Gasteiger partial charge in [0.05, 0.1) is 0 Å². The molecule has 37 valence electrons. The SMILES string of the molecule is Cc1onnc1[NH]. The second-order valence-electron chi connectivity index (χ2n) is 1.18. The lowest BCUT2D eigenvalue weighted by Gasteiger charge is -1.71. The Labute approximate surface area is 40.3 Å². The van der Waals surface area contributed by atoms with Crippen molar-refractivity contribution < 1.29 is 4.52 Å². The molecule has 0 aliphatic rings. The molecule has 7 heavy (non-hydrogen) atoms. The number of nitrogens with one attached hydrogen (secondary N) is 1. The number of aromatic nitrogens is 2. The highest BCUT2D eigenvalue weighted by Gasteiger charge is 1.95. The molecule has 0 saturated carbocycles. The van der Waals surface area contributed by atoms with Gasteiger partial charge in [-0.05, 0) is 0 Å². The van der Waals surface area contributed by atoms with Gasteiger partial charge in [-0.1, -0.05) is 5.10 Å². The number of hydrogen-bond donors (Lipinski definition) is 0. The molecule has 0 spiro atoms. The summed E-state index contributed by atoms with van der Waals surface area (Å²) in [5.74, 6) is 0.569. The number of hydrogen-bond acceptors (Lipinski definition) is 3. The van der Waals surface area contributed by atoms with Gasteiger partial charge < -0.3 is 4.52 Å². The molecular weight excluding hydrogens is 94.1 g/mol. The molecule has 4 nitrogen and oxygen atoms in total. The Hall–Kier alpha value is -1.06. The van der Waals surface area contributed by atoms with E-state index in [1.165, 1.54) is 0 Å². The summed E-state index contributed by atoms with van der Waals surface area (Å²) in [6.07, 6.45) is 0. The molecule has 0 unspecified atom stereocenters. The van der Waals surface area contributed by atoms with E-state index in [9.17, 15) is 0 Å². The third kappa shape index (κ3) is 0.534. The van der Waals surface area contributed by atoms with E-state index in [1.807, 2.05) is 0 Å². The van der Waals surface area contributed by atoms with Crippen LogP contribution in [0, 0.1) is 6.92 Å². The lowest BCUT2D eigenvalue weighted by molar-refractivity contribution is 0.374. The van der Waals surface area contributed by atoms with Crippen LogP contribution in [0.15, 0.2) is 4.52 Å². The van der Waals surface area contributed by atoms with Gasteiger partial charge in [0.2, 0.25) is 5.82 Å². The van der Waals surface area contributed by atoms with E-state index in [1.54, 1.807) is 6.92 Å². The molecular formula is C3H4N3O. The first-order valence-corrected chi connectivity index (χ1v) is 1.81. The molecule has 0 aliphatic carbocycles. The Morgan fingerprint density at radius 3 is 2.57 bits per heavy atom. The minimum absolute atomic E-state index is 0.111. The molecule has 4 heteroatoms. The fourth-order valence-corrected chi connectivity index (χ4v) is 0.236. The van der Waals surface area contributed by atoms with Crippen LogP contribution in [0.2, 0.25) is 0 Å². The number of nitrogens with zero attached hydrogens (tertiary/aromatic N) is 2. The van der Waals surface area contributed by atoms with Crippen LogP contribution in [0.25, 0.3) is 0 Å². The largest absolute Gasteiger partial charge is 0.340 e. The van der Waals surface area contributed by atoms with Crippen LogP contribution in [0.4, 0.5) is 5.82 Å². The second-order valence-corrected chi connectivity index (χ2v) is 1.18. The Bertz CT molecular complexity index is 142. The van der Waals surface area contributed by atoms with Crippen molar-refractivity contribution in [3.63, 3.8) is 0 Å². The first-order valence-electron chi connectivity index (χ1n) is 1.81. The lowest BCUT2D eigenvalue weighted by Crippen LogP contribution is -1.68. The minimum atomic E-state index is 0.111. The second kappa shape index (κ2) is 1.22. The summed E-state index contributed by atoms with van der Waals surface area (Å²) < 4.78 is 4.42. The van der Waals surface area contributed by atoms with Crippen LogP contribution in [0.5, 0.6) is 0 Å². The average Bonchev–Trinajstić information content (AvgIpc) is 1.91. The zero-order valence-electron chi connectivity index (χ0n) is 3.80. The molecule has 0 fully saturated rings. The van der Waals surface area contributed by atoms with Crippen molar-refractivity contribution in [1.82, 2.24) is 16.1 Å². The summed E-state index contributed by atoms with van der Waals surface area (Å²) in [5, 5.41) is 6.38. The Balaban J connectivity index is 3.12. The van der Waals surface area contributed by atoms with Gasteiger partial charge in [-0.15, -0.1) is 0 Å². The molecule has 0 amide bonds. The number of rotatable bonds is 0. The average molecular weight is 98.1 g/mol. The maximum Gasteiger partial charge on any atom is 0.211 e. The summed E-state index contributed by atoms with van der Waals surface area (Å²) in [5.41, 5.74) is 6.83. The van der Waals surface area contributed by atoms with Crippen molar-refractivity contribution in [1.29, 1.82) is 0 Å². The van der Waals surface area contributed by atoms with Gasteiger partial charge >= 0.3 is 0 Å². The van der Waals surface area contributed by atoms with Gasteiger partial charge in [-0.2, -0.15) is 0 Å². The quantitative estimate of drug-likeness (QED) is 0.468. The molecule has 0 aromatic carbocycles. The first-order chi connectivity index (χ1) is 3.30. The summed E-state index contributed by atoms with van der Waals surface area (Å²) in [6.45, 7) is 1.64. The predicted molar refractivity (Wildman–Crippen MR) is 21.8 cm³/mol. The summed E-state index contributed by atoms with van der Waals surface area (Å²) >= 11 is 0. The van der Waals surface area contributed by atoms with Crippen LogP contribution < -0.4 is 5.73 Å². The normalized spacial score (nSPS) is 9.29. The summed E-state index contributed by atoms with van der Waals surface area (Å²) in [7, 11) is 0. The standard InChI is InChI=1S/C3H4N3O/c1-2-3(4)5-6-7-2/h4H,1H3. The van der Waals surface area contributed by atoms with E-state index < -0.39 is 0 Å². The van der Waals surface area contributed by atoms with Gasteiger partial charge in [0.15, 0.2) is 5.76 Å². The van der Waals surface area contributed by atoms with Crippen LogP contribution in [-0.2, 0) is 0 Å². The van der Waals surface area contributed by atoms with Gasteiger partial charge in [0, 0.05) is 12.2 Å². The van der Waals surface area contributed by atoms with E-state index in [2.05, 4.69) is 14.9 Å². The molecule has 1 heterocycles. The van der Waals surface area contributed by atoms with E-state index in [0.29, 0.717) is 5.76 Å². The highest BCUT2D eigenvalue weighted by Crippen LogP contribution is 2.02. The van der Waals surface area contributed by atoms with Crippen molar-refractivity contribution in [3.8, 4) is 0 Å². The van der Waals surface area contributed by atoms with Crippen LogP contribution >= 0.6 is 0 Å². The Kier molecular flexibility index (Phi) is 0.714. The summed E-state index contributed by atoms with van der Waals surface area (Å²) in [6, 6.07) is 0. The smallest absolute Gasteiger partial charge is 0.211 e. The Morgan fingerprint density at radius 2 is 2.43 bits per heavy atom. The van der Waals surface area contributed by atoms with Gasteiger partial charge in [0.1, 0.15) is 0 Å². The van der Waals surface area contributed by atoms with Crippen LogP contribution in [-0.4, -0.2) is 10.4 Å². The number of aryl methyl sites for hydroxylation is 1. The maximum absolute atomic E-state index is 6.83. The van der Waals surface area contributed by atoms with E-state index >= 15 is 0 Å². The monoisotopic (exact) mass is 98.0 g/mol. The lowest BCUT2D eigenvalue weighted by atomic mass is 10.5. The highest BCUT2D eigenvalue weighted by molar-refractivity contribution is 5.22. The summed E-state index contributed by atoms with van der Waals surface area (Å²) in [4.78, 5) is 0. The highest BCUT2D eigenvalue weighted by atomic mass is 16.5. The minimum Gasteiger partial charge on any atom is -0.340 e. The van der Waals surface area contributed by atoms with Crippen molar-refractivity contribution in [2.45, 2.75) is 6.92 Å². The van der Waals surface area contributed by atoms with E-state index in [-0.39, 0.29) is 5.82 Å². The molecule has 1 N–H and O–H groups in total. The van der Waals surface area contributed by atoms with Crippen LogP contribution in [0.1, 0.15) is 5.76 Å². The first kappa shape index (κ1) is 4.11. The van der Waals surface area contributed by atoms with Crippen molar-refractivity contribution in [2.24, 2.45) is 0 Å². The molecule has 1 radical (unpaired) electrons. The topological polar surface area (TPSA) is 62.7 Å². The van der Waals surface area contributed by atoms with Gasteiger partial charge in [0.25, 0.3) is 0 Å². The van der Waals surface area contributed by atoms with Crippen LogP contribution in [0.3, 0.4) is 0 Å². The van der Waals surface area contributed by atoms with Crippen molar-refractivity contribution in [2.75, 3.05) is 0 Å². The van der Waals surface area contributed by atoms with Gasteiger partial charge in [-0.3, -0.25) is 5.73 Å². The molecule has 0 aliphatic heterocycles. The Morgan fingerprint density at radius 1 is 1.71 bits per heavy atom. The van der Waals surface area contributed by atoms with E-state index in [0.717, 1.165) is 0 Å². The van der Waals surface area contributed by atoms with Crippen molar-refractivity contribution in [3.05, 3.63) is 5.76 Å². The molecule has 1 aromatic rings.